The molecule has 3 aromatic heterocycles. The third-order valence-corrected chi connectivity index (χ3v) is 16.1. The Morgan fingerprint density at radius 3 is 1.44 bits per heavy atom. The van der Waals surface area contributed by atoms with Gasteiger partial charge in [-0.2, -0.15) is 0 Å². The van der Waals surface area contributed by atoms with Gasteiger partial charge >= 0.3 is 0 Å². The van der Waals surface area contributed by atoms with E-state index in [-0.39, 0.29) is 16.2 Å². The smallest absolute Gasteiger partial charge is 0.227 e. The van der Waals surface area contributed by atoms with E-state index < -0.39 is 5.41 Å². The first-order valence-corrected chi connectivity index (χ1v) is 26.5. The number of pyridine rings is 2. The molecule has 13 rings (SSSR count). The van der Waals surface area contributed by atoms with Crippen LogP contribution in [-0.2, 0) is 21.7 Å². The second-order valence-corrected chi connectivity index (χ2v) is 23.9. The van der Waals surface area contributed by atoms with Gasteiger partial charge in [-0.25, -0.2) is 9.97 Å². The highest BCUT2D eigenvalue weighted by atomic mass is 16.3. The molecule has 0 aliphatic heterocycles. The first-order chi connectivity index (χ1) is 36.0. The van der Waals surface area contributed by atoms with Crippen molar-refractivity contribution in [1.82, 2.24) is 9.97 Å². The Hall–Kier alpha value is -8.28. The number of aryl methyl sites for hydroxylation is 1. The van der Waals surface area contributed by atoms with Crippen LogP contribution in [0.4, 0.5) is 34.3 Å². The summed E-state index contributed by atoms with van der Waals surface area (Å²) < 4.78 is 7.38. The number of fused-ring (bicyclic) bond motifs is 16. The molecular weight excluding hydrogens is 913 g/mol. The van der Waals surface area contributed by atoms with Crippen LogP contribution in [0.2, 0.25) is 0 Å². The van der Waals surface area contributed by atoms with Crippen molar-refractivity contribution < 1.29 is 4.42 Å². The SMILES string of the molecule is Cc1ccc(N(c2ccc(C(C)(C)C)cc2)c2cc3c(c4ccccc24)-c2c(cc(N(c4ccc(C(C)(C)C)cc4)c4ccc(C(C)(C)C)cc4)c4c2oc2ncccc24)C32c3ccccc3-c3ccccc32)nc1. The number of benzene rings is 8. The fraction of sp³-hybridized carbons (Fsp3) is 0.200. The summed E-state index contributed by atoms with van der Waals surface area (Å²) in [7, 11) is 0. The van der Waals surface area contributed by atoms with Gasteiger partial charge in [0.05, 0.1) is 27.6 Å². The van der Waals surface area contributed by atoms with Gasteiger partial charge in [-0.1, -0.05) is 178 Å². The van der Waals surface area contributed by atoms with Crippen molar-refractivity contribution in [2.24, 2.45) is 0 Å². The van der Waals surface area contributed by atoms with Crippen LogP contribution in [0.25, 0.3) is 55.1 Å². The molecule has 75 heavy (non-hydrogen) atoms. The molecule has 0 saturated heterocycles. The first kappa shape index (κ1) is 46.5. The molecule has 0 atom stereocenters. The lowest BCUT2D eigenvalue weighted by atomic mass is 9.70. The van der Waals surface area contributed by atoms with E-state index in [0.29, 0.717) is 5.71 Å². The van der Waals surface area contributed by atoms with Crippen LogP contribution >= 0.6 is 0 Å². The number of hydrogen-bond donors (Lipinski definition) is 0. The van der Waals surface area contributed by atoms with E-state index in [1.165, 1.54) is 55.6 Å². The summed E-state index contributed by atoms with van der Waals surface area (Å²) in [4.78, 5) is 15.0. The first-order valence-electron chi connectivity index (χ1n) is 26.5. The maximum atomic E-state index is 7.38. The Bertz CT molecular complexity index is 3950. The molecular formula is C70H62N4O. The van der Waals surface area contributed by atoms with Crippen molar-refractivity contribution in [1.29, 1.82) is 0 Å². The number of hydrogen-bond acceptors (Lipinski definition) is 5. The Labute approximate surface area is 441 Å². The molecule has 0 N–H and O–H groups in total. The van der Waals surface area contributed by atoms with Gasteiger partial charge in [-0.15, -0.1) is 0 Å². The summed E-state index contributed by atoms with van der Waals surface area (Å²) in [5.74, 6) is 0.852. The van der Waals surface area contributed by atoms with Gasteiger partial charge in [-0.3, -0.25) is 4.90 Å². The zero-order chi connectivity index (χ0) is 51.8. The van der Waals surface area contributed by atoms with Crippen molar-refractivity contribution in [3.63, 3.8) is 0 Å². The fourth-order valence-electron chi connectivity index (χ4n) is 12.3. The second kappa shape index (κ2) is 16.6. The lowest BCUT2D eigenvalue weighted by Gasteiger charge is -2.34. The molecule has 0 saturated carbocycles. The maximum Gasteiger partial charge on any atom is 0.227 e. The number of nitrogens with zero attached hydrogens (tertiary/aromatic N) is 4. The predicted molar refractivity (Wildman–Crippen MR) is 313 cm³/mol. The average molecular weight is 975 g/mol. The lowest BCUT2D eigenvalue weighted by Crippen LogP contribution is -2.27. The highest BCUT2D eigenvalue weighted by Crippen LogP contribution is 2.67. The predicted octanol–water partition coefficient (Wildman–Crippen LogP) is 19.0. The van der Waals surface area contributed by atoms with Gasteiger partial charge in [0.25, 0.3) is 0 Å². The lowest BCUT2D eigenvalue weighted by molar-refractivity contribution is 0.590. The third-order valence-electron chi connectivity index (χ3n) is 16.1. The zero-order valence-corrected chi connectivity index (χ0v) is 44.7. The molecule has 8 aromatic carbocycles. The van der Waals surface area contributed by atoms with Crippen molar-refractivity contribution in [2.45, 2.75) is 90.9 Å². The molecule has 0 fully saturated rings. The molecule has 0 amide bonds. The van der Waals surface area contributed by atoms with Crippen molar-refractivity contribution in [2.75, 3.05) is 9.80 Å². The summed E-state index contributed by atoms with van der Waals surface area (Å²) >= 11 is 0. The third kappa shape index (κ3) is 7.11. The van der Waals surface area contributed by atoms with Crippen molar-refractivity contribution in [3.8, 4) is 22.3 Å². The van der Waals surface area contributed by atoms with Crippen molar-refractivity contribution >= 4 is 67.1 Å². The summed E-state index contributed by atoms with van der Waals surface area (Å²) in [5, 5.41) is 4.26. The topological polar surface area (TPSA) is 45.4 Å². The minimum absolute atomic E-state index is 0.00908. The molecule has 3 heterocycles. The van der Waals surface area contributed by atoms with E-state index >= 15 is 0 Å². The summed E-state index contributed by atoms with van der Waals surface area (Å²) in [5.41, 5.74) is 20.4. The van der Waals surface area contributed by atoms with Crippen LogP contribution in [0.5, 0.6) is 0 Å². The van der Waals surface area contributed by atoms with Crippen LogP contribution in [0.15, 0.2) is 199 Å². The average Bonchev–Trinajstić information content (AvgIpc) is 4.12. The molecule has 5 nitrogen and oxygen atoms in total. The monoisotopic (exact) mass is 974 g/mol. The number of furan rings is 1. The maximum absolute atomic E-state index is 7.38. The van der Waals surface area contributed by atoms with E-state index in [0.717, 1.165) is 72.5 Å². The van der Waals surface area contributed by atoms with E-state index in [2.05, 4.69) is 255 Å². The van der Waals surface area contributed by atoms with Gasteiger partial charge in [0, 0.05) is 40.4 Å². The Balaban J connectivity index is 1.19. The molecule has 11 aromatic rings. The molecule has 5 heteroatoms. The normalized spacial score (nSPS) is 13.6. The number of rotatable bonds is 6. The summed E-state index contributed by atoms with van der Waals surface area (Å²) in [6.07, 6.45) is 3.83. The minimum atomic E-state index is -0.772. The summed E-state index contributed by atoms with van der Waals surface area (Å²) in [6, 6.07) is 68.2. The Kier molecular flexibility index (Phi) is 10.3. The van der Waals surface area contributed by atoms with Crippen LogP contribution in [-0.4, -0.2) is 9.97 Å². The van der Waals surface area contributed by atoms with E-state index in [1.54, 1.807) is 0 Å². The van der Waals surface area contributed by atoms with Gasteiger partial charge in [0.2, 0.25) is 5.71 Å². The van der Waals surface area contributed by atoms with Crippen molar-refractivity contribution in [3.05, 3.63) is 239 Å². The molecule has 2 aliphatic carbocycles. The van der Waals surface area contributed by atoms with Crippen LogP contribution in [0, 0.1) is 6.92 Å². The van der Waals surface area contributed by atoms with Crippen LogP contribution < -0.4 is 9.80 Å². The molecule has 1 spiro atoms. The highest BCUT2D eigenvalue weighted by molar-refractivity contribution is 6.23. The van der Waals surface area contributed by atoms with Gasteiger partial charge in [-0.05, 0) is 156 Å². The molecule has 2 aliphatic rings. The fourth-order valence-corrected chi connectivity index (χ4v) is 12.3. The van der Waals surface area contributed by atoms with Crippen LogP contribution in [0.3, 0.4) is 0 Å². The van der Waals surface area contributed by atoms with E-state index in [4.69, 9.17) is 14.4 Å². The summed E-state index contributed by atoms with van der Waals surface area (Å²) in [6.45, 7) is 22.6. The number of anilines is 6. The number of aromatic nitrogens is 2. The largest absolute Gasteiger partial charge is 0.437 e. The molecule has 0 radical (unpaired) electrons. The highest BCUT2D eigenvalue weighted by Gasteiger charge is 2.54. The molecule has 368 valence electrons. The minimum Gasteiger partial charge on any atom is -0.437 e. The Morgan fingerprint density at radius 1 is 0.427 bits per heavy atom. The standard InChI is InChI=1S/C70H62N4O/c1-43-25-38-61(72-42-43)74(49-36-30-46(31-37-49)69(8,9)10)59-40-57-62(53-21-12-11-20-52(53)59)64-58(70(57)55-23-15-13-18-50(55)51-19-14-16-24-56(51)70)41-60(63-54-22-17-39-71-66(54)75-65(63)64)73(47-32-26-44(27-33-47)67(2,3)4)48-34-28-45(29-35-48)68(5,6)7/h11-42H,1-10H3. The zero-order valence-electron chi connectivity index (χ0n) is 44.7. The Morgan fingerprint density at radius 2 is 0.907 bits per heavy atom. The van der Waals surface area contributed by atoms with Gasteiger partial charge < -0.3 is 9.32 Å². The van der Waals surface area contributed by atoms with Gasteiger partial charge in [0.15, 0.2) is 0 Å². The second-order valence-electron chi connectivity index (χ2n) is 23.9. The van der Waals surface area contributed by atoms with E-state index in [9.17, 15) is 0 Å². The molecule has 0 bridgehead atoms. The quantitative estimate of drug-likeness (QED) is 0.166. The van der Waals surface area contributed by atoms with Crippen LogP contribution in [0.1, 0.15) is 107 Å². The van der Waals surface area contributed by atoms with E-state index in [1.807, 2.05) is 18.5 Å². The van der Waals surface area contributed by atoms with Gasteiger partial charge in [0.1, 0.15) is 11.4 Å². The molecule has 0 unspecified atom stereocenters.